The van der Waals surface area contributed by atoms with Gasteiger partial charge in [-0.25, -0.2) is 8.42 Å². The quantitative estimate of drug-likeness (QED) is 0.690. The van der Waals surface area contributed by atoms with Gasteiger partial charge >= 0.3 is 12.1 Å². The van der Waals surface area contributed by atoms with Crippen molar-refractivity contribution in [1.29, 1.82) is 0 Å². The molecule has 2 rings (SSSR count). The minimum absolute atomic E-state index is 0.0942. The largest absolute Gasteiger partial charge is 0.462 e. The summed E-state index contributed by atoms with van der Waals surface area (Å²) in [5.41, 5.74) is -1.22. The normalized spacial score (nSPS) is 16.6. The zero-order chi connectivity index (χ0) is 21.8. The van der Waals surface area contributed by atoms with Crippen LogP contribution in [-0.2, 0) is 30.5 Å². The van der Waals surface area contributed by atoms with Crippen molar-refractivity contribution < 1.29 is 35.9 Å². The van der Waals surface area contributed by atoms with E-state index in [9.17, 15) is 31.2 Å². The van der Waals surface area contributed by atoms with Gasteiger partial charge in [-0.1, -0.05) is 12.1 Å². The Morgan fingerprint density at radius 3 is 2.34 bits per heavy atom. The molecule has 1 heterocycles. The molecule has 29 heavy (non-hydrogen) atoms. The van der Waals surface area contributed by atoms with E-state index >= 15 is 0 Å². The fourth-order valence-electron chi connectivity index (χ4n) is 3.03. The average molecular weight is 436 g/mol. The van der Waals surface area contributed by atoms with Crippen LogP contribution in [0.1, 0.15) is 32.3 Å². The number of benzene rings is 1. The smallest absolute Gasteiger partial charge is 0.417 e. The lowest BCUT2D eigenvalue weighted by Crippen LogP contribution is -2.44. The van der Waals surface area contributed by atoms with Crippen molar-refractivity contribution in [3.63, 3.8) is 0 Å². The van der Waals surface area contributed by atoms with E-state index in [1.165, 1.54) is 6.07 Å². The van der Waals surface area contributed by atoms with Gasteiger partial charge in [0.25, 0.3) is 0 Å². The molecule has 0 spiro atoms. The lowest BCUT2D eigenvalue weighted by atomic mass is 9.97. The van der Waals surface area contributed by atoms with Gasteiger partial charge in [0, 0.05) is 19.0 Å². The Bertz CT molecular complexity index is 847. The van der Waals surface area contributed by atoms with Crippen LogP contribution in [0.3, 0.4) is 0 Å². The number of rotatable bonds is 6. The molecule has 0 radical (unpaired) electrons. The molecule has 7 nitrogen and oxygen atoms in total. The first kappa shape index (κ1) is 23.1. The number of hydrogen-bond acceptors (Lipinski definition) is 5. The molecule has 0 bridgehead atoms. The van der Waals surface area contributed by atoms with Gasteiger partial charge in [-0.05, 0) is 38.8 Å². The topological polar surface area (TPSA) is 92.8 Å². The zero-order valence-corrected chi connectivity index (χ0v) is 16.8. The van der Waals surface area contributed by atoms with Crippen molar-refractivity contribution in [2.45, 2.75) is 43.9 Å². The molecule has 1 amide bonds. The molecule has 0 unspecified atom stereocenters. The van der Waals surface area contributed by atoms with Gasteiger partial charge in [-0.3, -0.25) is 9.59 Å². The fraction of sp³-hybridized carbons (Fsp3) is 0.556. The van der Waals surface area contributed by atoms with Crippen LogP contribution < -0.4 is 5.32 Å². The van der Waals surface area contributed by atoms with E-state index in [0.717, 1.165) is 22.5 Å². The van der Waals surface area contributed by atoms with Gasteiger partial charge in [-0.2, -0.15) is 17.5 Å². The molecule has 1 aromatic rings. The summed E-state index contributed by atoms with van der Waals surface area (Å²) in [6.07, 6.45) is -4.84. The molecular formula is C18H23F3N2O5S. The molecule has 1 saturated heterocycles. The maximum absolute atomic E-state index is 13.2. The fourth-order valence-corrected chi connectivity index (χ4v) is 4.71. The number of sulfonamides is 1. The molecule has 0 atom stereocenters. The van der Waals surface area contributed by atoms with Gasteiger partial charge in [0.15, 0.2) is 0 Å². The summed E-state index contributed by atoms with van der Waals surface area (Å²) in [4.78, 5) is 22.8. The van der Waals surface area contributed by atoms with Crippen LogP contribution in [0.5, 0.6) is 0 Å². The van der Waals surface area contributed by atoms with Crippen molar-refractivity contribution in [1.82, 2.24) is 9.62 Å². The first-order valence-electron chi connectivity index (χ1n) is 9.06. The third-order valence-electron chi connectivity index (χ3n) is 4.41. The van der Waals surface area contributed by atoms with Crippen LogP contribution in [-0.4, -0.2) is 50.3 Å². The summed E-state index contributed by atoms with van der Waals surface area (Å²) >= 11 is 0. The maximum atomic E-state index is 13.2. The number of nitrogens with zero attached hydrogens (tertiary/aromatic N) is 1. The van der Waals surface area contributed by atoms with Crippen molar-refractivity contribution in [3.8, 4) is 0 Å². The van der Waals surface area contributed by atoms with Crippen molar-refractivity contribution in [2.24, 2.45) is 5.92 Å². The van der Waals surface area contributed by atoms with Crippen LogP contribution in [0, 0.1) is 5.92 Å². The van der Waals surface area contributed by atoms with Gasteiger partial charge < -0.3 is 10.1 Å². The number of hydrogen-bond donors (Lipinski definition) is 1. The maximum Gasteiger partial charge on any atom is 0.417 e. The second-order valence-electron chi connectivity index (χ2n) is 6.93. The van der Waals surface area contributed by atoms with E-state index in [-0.39, 0.29) is 38.6 Å². The number of carbonyl (C=O) groups excluding carboxylic acids is 2. The highest BCUT2D eigenvalue weighted by atomic mass is 32.2. The highest BCUT2D eigenvalue weighted by molar-refractivity contribution is 7.89. The van der Waals surface area contributed by atoms with E-state index in [4.69, 9.17) is 4.74 Å². The van der Waals surface area contributed by atoms with Crippen LogP contribution in [0.4, 0.5) is 13.2 Å². The van der Waals surface area contributed by atoms with Crippen LogP contribution >= 0.6 is 0 Å². The Hall–Kier alpha value is -2.14. The summed E-state index contributed by atoms with van der Waals surface area (Å²) in [5, 5.41) is 2.44. The number of carbonyl (C=O) groups is 2. The number of piperidine rings is 1. The number of amides is 1. The standard InChI is InChI=1S/C18H23F3N2O5S/c1-12(2)28-16(24)11-22-17(25)13-7-9-23(10-8-13)29(26,27)15-6-4-3-5-14(15)18(19,20)21/h3-6,12-13H,7-11H2,1-2H3,(H,22,25). The number of halogens is 3. The molecule has 0 saturated carbocycles. The van der Waals surface area contributed by atoms with Crippen LogP contribution in [0.2, 0.25) is 0 Å². The Morgan fingerprint density at radius 1 is 1.21 bits per heavy atom. The third-order valence-corrected chi connectivity index (χ3v) is 6.37. The molecule has 1 N–H and O–H groups in total. The van der Waals surface area contributed by atoms with E-state index in [1.54, 1.807) is 13.8 Å². The molecule has 1 fully saturated rings. The molecule has 1 aliphatic heterocycles. The molecular weight excluding hydrogens is 413 g/mol. The van der Waals surface area contributed by atoms with E-state index < -0.39 is 44.5 Å². The predicted molar refractivity (Wildman–Crippen MR) is 97.2 cm³/mol. The van der Waals surface area contributed by atoms with Crippen molar-refractivity contribution in [2.75, 3.05) is 19.6 Å². The van der Waals surface area contributed by atoms with Crippen LogP contribution in [0.25, 0.3) is 0 Å². The molecule has 1 aromatic carbocycles. The second-order valence-corrected chi connectivity index (χ2v) is 8.84. The highest BCUT2D eigenvalue weighted by Gasteiger charge is 2.40. The zero-order valence-electron chi connectivity index (χ0n) is 16.0. The predicted octanol–water partition coefficient (Wildman–Crippen LogP) is 2.17. The lowest BCUT2D eigenvalue weighted by molar-refractivity contribution is -0.147. The summed E-state index contributed by atoms with van der Waals surface area (Å²) < 4.78 is 70.8. The Labute approximate surface area is 167 Å². The van der Waals surface area contributed by atoms with Crippen molar-refractivity contribution in [3.05, 3.63) is 29.8 Å². The Morgan fingerprint density at radius 2 is 1.79 bits per heavy atom. The summed E-state index contributed by atoms with van der Waals surface area (Å²) in [6, 6.07) is 4.02. The van der Waals surface area contributed by atoms with E-state index in [0.29, 0.717) is 0 Å². The number of nitrogens with one attached hydrogen (secondary N) is 1. The minimum Gasteiger partial charge on any atom is -0.462 e. The first-order chi connectivity index (χ1) is 13.4. The SMILES string of the molecule is CC(C)OC(=O)CNC(=O)C1CCN(S(=O)(=O)c2ccccc2C(F)(F)F)CC1. The van der Waals surface area contributed by atoms with Gasteiger partial charge in [0.1, 0.15) is 6.54 Å². The molecule has 162 valence electrons. The van der Waals surface area contributed by atoms with Gasteiger partial charge in [0.05, 0.1) is 16.6 Å². The molecule has 0 aliphatic carbocycles. The molecule has 0 aromatic heterocycles. The third kappa shape index (κ3) is 5.92. The monoisotopic (exact) mass is 436 g/mol. The lowest BCUT2D eigenvalue weighted by Gasteiger charge is -2.31. The molecule has 11 heteroatoms. The summed E-state index contributed by atoms with van der Waals surface area (Å²) in [5.74, 6) is -1.54. The second kappa shape index (κ2) is 9.12. The summed E-state index contributed by atoms with van der Waals surface area (Å²) in [7, 11) is -4.36. The van der Waals surface area contributed by atoms with E-state index in [1.807, 2.05) is 0 Å². The van der Waals surface area contributed by atoms with Gasteiger partial charge in [-0.15, -0.1) is 0 Å². The molecule has 1 aliphatic rings. The Balaban J connectivity index is 2.00. The van der Waals surface area contributed by atoms with Crippen molar-refractivity contribution >= 4 is 21.9 Å². The first-order valence-corrected chi connectivity index (χ1v) is 10.5. The highest BCUT2D eigenvalue weighted by Crippen LogP contribution is 2.36. The number of alkyl halides is 3. The Kier molecular flexibility index (Phi) is 7.28. The van der Waals surface area contributed by atoms with E-state index in [2.05, 4.69) is 5.32 Å². The minimum atomic E-state index is -4.80. The van der Waals surface area contributed by atoms with Crippen LogP contribution in [0.15, 0.2) is 29.2 Å². The number of ether oxygens (including phenoxy) is 1. The summed E-state index contributed by atoms with van der Waals surface area (Å²) in [6.45, 7) is 2.86. The average Bonchev–Trinajstić information content (AvgIpc) is 2.65. The number of esters is 1. The van der Waals surface area contributed by atoms with Gasteiger partial charge in [0.2, 0.25) is 15.9 Å².